The van der Waals surface area contributed by atoms with Crippen molar-refractivity contribution >= 4 is 46.5 Å². The van der Waals surface area contributed by atoms with E-state index in [1.165, 1.54) is 4.90 Å². The number of nitrogens with one attached hydrogen (secondary N) is 3. The number of carbonyl (C=O) groups is 5. The third kappa shape index (κ3) is 8.41. The predicted molar refractivity (Wildman–Crippen MR) is 148 cm³/mol. The highest BCUT2D eigenvalue weighted by molar-refractivity contribution is 5.96. The van der Waals surface area contributed by atoms with Crippen molar-refractivity contribution in [2.24, 2.45) is 22.2 Å². The van der Waals surface area contributed by atoms with Gasteiger partial charge >= 0.3 is 11.9 Å². The van der Waals surface area contributed by atoms with Crippen molar-refractivity contribution in [2.45, 2.75) is 62.7 Å². The molecule has 2 heterocycles. The Labute approximate surface area is 235 Å². The fourth-order valence-corrected chi connectivity index (χ4v) is 4.83. The van der Waals surface area contributed by atoms with Crippen LogP contribution in [-0.4, -0.2) is 93.0 Å². The number of hydrogen-bond acceptors (Lipinski definition) is 7. The summed E-state index contributed by atoms with van der Waals surface area (Å²) in [4.78, 5) is 70.6. The van der Waals surface area contributed by atoms with E-state index in [0.29, 0.717) is 12.8 Å². The van der Waals surface area contributed by atoms with Crippen LogP contribution in [0.25, 0.3) is 10.9 Å². The third-order valence-electron chi connectivity index (χ3n) is 6.84. The first-order valence-corrected chi connectivity index (χ1v) is 13.2. The molecule has 11 N–H and O–H groups in total. The topological polar surface area (TPSA) is 259 Å². The first kappa shape index (κ1) is 30.9. The second kappa shape index (κ2) is 14.1. The number of carboxylic acids is 2. The van der Waals surface area contributed by atoms with E-state index in [1.807, 2.05) is 24.3 Å². The molecule has 15 heteroatoms. The molecule has 41 heavy (non-hydrogen) atoms. The van der Waals surface area contributed by atoms with E-state index >= 15 is 0 Å². The summed E-state index contributed by atoms with van der Waals surface area (Å²) in [7, 11) is 0. The van der Waals surface area contributed by atoms with Gasteiger partial charge in [0.2, 0.25) is 17.7 Å². The Morgan fingerprint density at radius 2 is 1.83 bits per heavy atom. The molecule has 1 saturated heterocycles. The number of rotatable bonds is 14. The van der Waals surface area contributed by atoms with Gasteiger partial charge in [-0.1, -0.05) is 18.2 Å². The van der Waals surface area contributed by atoms with Gasteiger partial charge in [0.1, 0.15) is 18.1 Å². The van der Waals surface area contributed by atoms with Crippen molar-refractivity contribution < 1.29 is 34.2 Å². The number of aromatic nitrogens is 1. The normalized spacial score (nSPS) is 16.9. The van der Waals surface area contributed by atoms with Crippen LogP contribution in [-0.2, 0) is 30.4 Å². The summed E-state index contributed by atoms with van der Waals surface area (Å²) in [5.74, 6) is -5.05. The summed E-state index contributed by atoms with van der Waals surface area (Å²) >= 11 is 0. The van der Waals surface area contributed by atoms with Crippen LogP contribution in [0.3, 0.4) is 0 Å². The molecule has 2 aromatic rings. The monoisotopic (exact) mass is 572 g/mol. The lowest BCUT2D eigenvalue weighted by molar-refractivity contribution is -0.144. The number of likely N-dealkylation sites (tertiary alicyclic amines) is 1. The minimum atomic E-state index is -1.57. The van der Waals surface area contributed by atoms with Gasteiger partial charge in [-0.3, -0.25) is 24.2 Å². The highest BCUT2D eigenvalue weighted by Crippen LogP contribution is 2.22. The molecular weight excluding hydrogens is 536 g/mol. The van der Waals surface area contributed by atoms with Gasteiger partial charge in [-0.2, -0.15) is 0 Å². The predicted octanol–water partition coefficient (Wildman–Crippen LogP) is -1.39. The maximum absolute atomic E-state index is 13.3. The Hall–Kier alpha value is -4.66. The molecule has 1 aliphatic heterocycles. The van der Waals surface area contributed by atoms with Gasteiger partial charge in [0.15, 0.2) is 5.96 Å². The van der Waals surface area contributed by atoms with Crippen molar-refractivity contribution in [3.63, 3.8) is 0 Å². The number of H-pyrrole nitrogens is 1. The van der Waals surface area contributed by atoms with E-state index in [9.17, 15) is 34.2 Å². The quantitative estimate of drug-likeness (QED) is 0.0746. The zero-order chi connectivity index (χ0) is 30.1. The fraction of sp³-hybridized carbons (Fsp3) is 0.462. The lowest BCUT2D eigenvalue weighted by Crippen LogP contribution is -2.57. The molecular formula is C26H36N8O7. The summed E-state index contributed by atoms with van der Waals surface area (Å²) in [5.41, 5.74) is 18.5. The molecule has 0 saturated carbocycles. The number of nitrogens with zero attached hydrogens (tertiary/aromatic N) is 2. The maximum atomic E-state index is 13.3. The maximum Gasteiger partial charge on any atom is 0.326 e. The van der Waals surface area contributed by atoms with Crippen LogP contribution in [0.15, 0.2) is 35.5 Å². The van der Waals surface area contributed by atoms with Crippen molar-refractivity contribution in [2.75, 3.05) is 13.1 Å². The van der Waals surface area contributed by atoms with Crippen LogP contribution in [0, 0.1) is 0 Å². The molecule has 1 aliphatic rings. The number of benzene rings is 1. The summed E-state index contributed by atoms with van der Waals surface area (Å²) in [6.45, 7) is 0.399. The molecule has 222 valence electrons. The largest absolute Gasteiger partial charge is 0.481 e. The Bertz CT molecular complexity index is 1310. The number of carbonyl (C=O) groups excluding carboxylic acids is 3. The van der Waals surface area contributed by atoms with Gasteiger partial charge in [0.25, 0.3) is 0 Å². The zero-order valence-corrected chi connectivity index (χ0v) is 22.4. The number of carboxylic acid groups (broad SMARTS) is 2. The zero-order valence-electron chi connectivity index (χ0n) is 22.4. The van der Waals surface area contributed by atoms with E-state index < -0.39 is 60.2 Å². The van der Waals surface area contributed by atoms with Crippen molar-refractivity contribution in [3.05, 3.63) is 36.0 Å². The van der Waals surface area contributed by atoms with E-state index in [1.54, 1.807) is 6.20 Å². The Morgan fingerprint density at radius 3 is 2.51 bits per heavy atom. The van der Waals surface area contributed by atoms with Crippen molar-refractivity contribution in [1.29, 1.82) is 0 Å². The number of nitrogens with two attached hydrogens (primary N) is 3. The minimum Gasteiger partial charge on any atom is -0.481 e. The summed E-state index contributed by atoms with van der Waals surface area (Å²) in [6, 6.07) is 2.75. The number of aliphatic imine (C=N–C) groups is 1. The van der Waals surface area contributed by atoms with Gasteiger partial charge in [0.05, 0.1) is 12.5 Å². The number of guanidine groups is 1. The number of fused-ring (bicyclic) bond motifs is 1. The van der Waals surface area contributed by atoms with Crippen LogP contribution < -0.4 is 27.8 Å². The smallest absolute Gasteiger partial charge is 0.326 e. The van der Waals surface area contributed by atoms with Gasteiger partial charge in [-0.25, -0.2) is 4.79 Å². The number of amides is 3. The van der Waals surface area contributed by atoms with Gasteiger partial charge in [0, 0.05) is 30.2 Å². The van der Waals surface area contributed by atoms with Crippen LogP contribution in [0.5, 0.6) is 0 Å². The third-order valence-corrected chi connectivity index (χ3v) is 6.84. The summed E-state index contributed by atoms with van der Waals surface area (Å²) in [6.07, 6.45) is 2.22. The molecule has 0 radical (unpaired) electrons. The Kier molecular flexibility index (Phi) is 10.6. The van der Waals surface area contributed by atoms with Crippen LogP contribution in [0.2, 0.25) is 0 Å². The van der Waals surface area contributed by atoms with Crippen LogP contribution in [0.4, 0.5) is 0 Å². The van der Waals surface area contributed by atoms with Gasteiger partial charge in [-0.05, 0) is 43.7 Å². The van der Waals surface area contributed by atoms with Gasteiger partial charge in [-0.15, -0.1) is 0 Å². The van der Waals surface area contributed by atoms with Crippen molar-refractivity contribution in [1.82, 2.24) is 20.5 Å². The number of para-hydroxylation sites is 1. The van der Waals surface area contributed by atoms with E-state index in [2.05, 4.69) is 20.6 Å². The number of aliphatic carboxylic acids is 2. The molecule has 3 rings (SSSR count). The highest BCUT2D eigenvalue weighted by atomic mass is 16.4. The van der Waals surface area contributed by atoms with Crippen LogP contribution >= 0.6 is 0 Å². The summed E-state index contributed by atoms with van der Waals surface area (Å²) < 4.78 is 0. The van der Waals surface area contributed by atoms with E-state index in [4.69, 9.17) is 17.2 Å². The Balaban J connectivity index is 1.65. The molecule has 15 nitrogen and oxygen atoms in total. The average Bonchev–Trinajstić information content (AvgIpc) is 3.56. The second-order valence-electron chi connectivity index (χ2n) is 9.87. The molecule has 1 aromatic carbocycles. The molecule has 4 atom stereocenters. The van der Waals surface area contributed by atoms with Gasteiger partial charge < -0.3 is 47.9 Å². The summed E-state index contributed by atoms with van der Waals surface area (Å²) in [5, 5.41) is 24.4. The standard InChI is InChI=1S/C26H36N8O7/c27-16(11-14-13-31-17-6-2-1-5-15(14)17)24(39)34-10-4-8-20(34)23(38)33-19(12-21(35)36)22(37)32-18(25(40)41)7-3-9-30-26(28)29/h1-2,5-6,13,16,18-20,31H,3-4,7-12,27H2,(H,32,37)(H,33,38)(H,35,36)(H,40,41)(H4,28,29,30). The average molecular weight is 573 g/mol. The fourth-order valence-electron chi connectivity index (χ4n) is 4.83. The van der Waals surface area contributed by atoms with E-state index in [0.717, 1.165) is 16.5 Å². The first-order valence-electron chi connectivity index (χ1n) is 13.2. The number of aromatic amines is 1. The van der Waals surface area contributed by atoms with E-state index in [-0.39, 0.29) is 38.3 Å². The molecule has 1 aromatic heterocycles. The molecule has 1 fully saturated rings. The lowest BCUT2D eigenvalue weighted by Gasteiger charge is -2.28. The SMILES string of the molecule is NC(N)=NCCCC(NC(=O)C(CC(=O)O)NC(=O)C1CCCN1C(=O)C(N)Cc1c[nH]c2ccccc12)C(=O)O. The van der Waals surface area contributed by atoms with Crippen LogP contribution in [0.1, 0.15) is 37.7 Å². The Morgan fingerprint density at radius 1 is 1.10 bits per heavy atom. The lowest BCUT2D eigenvalue weighted by atomic mass is 10.0. The molecule has 0 aliphatic carbocycles. The molecule has 0 spiro atoms. The molecule has 4 unspecified atom stereocenters. The highest BCUT2D eigenvalue weighted by Gasteiger charge is 2.38. The molecule has 3 amide bonds. The minimum absolute atomic E-state index is 0.0369. The first-order chi connectivity index (χ1) is 19.5. The molecule has 0 bridgehead atoms. The van der Waals surface area contributed by atoms with Crippen molar-refractivity contribution in [3.8, 4) is 0 Å². The second-order valence-corrected chi connectivity index (χ2v) is 9.87. The number of hydrogen-bond donors (Lipinski definition) is 8.